The van der Waals surface area contributed by atoms with Crippen molar-refractivity contribution in [2.24, 2.45) is 0 Å². The summed E-state index contributed by atoms with van der Waals surface area (Å²) in [5.74, 6) is -0.0552. The summed E-state index contributed by atoms with van der Waals surface area (Å²) in [5, 5.41) is 0. The number of rotatable bonds is 3. The van der Waals surface area contributed by atoms with E-state index in [2.05, 4.69) is 6.07 Å². The molecule has 0 aromatic heterocycles. The van der Waals surface area contributed by atoms with Crippen LogP contribution in [-0.4, -0.2) is 34.3 Å². The fraction of sp³-hybridized carbons (Fsp3) is 0.263. The van der Waals surface area contributed by atoms with Crippen molar-refractivity contribution in [3.05, 3.63) is 71.3 Å². The van der Waals surface area contributed by atoms with E-state index in [1.165, 1.54) is 10.5 Å². The van der Waals surface area contributed by atoms with Crippen molar-refractivity contribution in [3.8, 4) is 0 Å². The second kappa shape index (κ2) is 5.54. The summed E-state index contributed by atoms with van der Waals surface area (Å²) in [6, 6.07) is 17.5. The number of hydrogen-bond donors (Lipinski definition) is 0. The van der Waals surface area contributed by atoms with Crippen molar-refractivity contribution in [2.45, 2.75) is 25.4 Å². The van der Waals surface area contributed by atoms with Crippen LogP contribution >= 0.6 is 0 Å². The molecule has 0 N–H and O–H groups in total. The van der Waals surface area contributed by atoms with Crippen molar-refractivity contribution in [2.75, 3.05) is 6.54 Å². The van der Waals surface area contributed by atoms with Gasteiger partial charge in [0.2, 0.25) is 0 Å². The fourth-order valence-corrected chi connectivity index (χ4v) is 3.47. The molecule has 4 rings (SSSR count). The van der Waals surface area contributed by atoms with Gasteiger partial charge in [-0.15, -0.1) is 0 Å². The topological polar surface area (TPSA) is 40.6 Å². The number of carbonyl (C=O) groups is 2. The highest BCUT2D eigenvalue weighted by Gasteiger charge is 2.46. The number of fused-ring (bicyclic) bond motifs is 2. The number of urea groups is 1. The molecule has 0 spiro atoms. The maximum Gasteiger partial charge on any atom is 0.327 e. The first-order valence-corrected chi connectivity index (χ1v) is 7.97. The van der Waals surface area contributed by atoms with Gasteiger partial charge in [-0.05, 0) is 23.1 Å². The molecule has 1 saturated heterocycles. The van der Waals surface area contributed by atoms with E-state index in [1.807, 2.05) is 48.5 Å². The van der Waals surface area contributed by atoms with Crippen LogP contribution in [0.4, 0.5) is 4.79 Å². The Bertz CT molecular complexity index is 714. The number of carbonyl (C=O) groups excluding carboxylic acids is 2. The van der Waals surface area contributed by atoms with Crippen LogP contribution in [0, 0.1) is 0 Å². The molecule has 1 atom stereocenters. The van der Waals surface area contributed by atoms with E-state index in [4.69, 9.17) is 0 Å². The van der Waals surface area contributed by atoms with Gasteiger partial charge in [-0.2, -0.15) is 0 Å². The molecule has 0 aliphatic carbocycles. The van der Waals surface area contributed by atoms with Gasteiger partial charge >= 0.3 is 6.03 Å². The second-order valence-electron chi connectivity index (χ2n) is 6.12. The Kier molecular flexibility index (Phi) is 3.37. The molecule has 3 amide bonds. The first-order chi connectivity index (χ1) is 11.2. The number of amides is 3. The minimum atomic E-state index is -0.326. The Balaban J connectivity index is 1.52. The lowest BCUT2D eigenvalue weighted by Gasteiger charge is -2.28. The van der Waals surface area contributed by atoms with Crippen LogP contribution < -0.4 is 0 Å². The van der Waals surface area contributed by atoms with Crippen molar-refractivity contribution >= 4 is 11.9 Å². The minimum absolute atomic E-state index is 0.0552. The molecule has 0 bridgehead atoms. The third-order valence-corrected chi connectivity index (χ3v) is 4.74. The van der Waals surface area contributed by atoms with Crippen LogP contribution in [0.3, 0.4) is 0 Å². The summed E-state index contributed by atoms with van der Waals surface area (Å²) < 4.78 is 0. The number of benzene rings is 2. The minimum Gasteiger partial charge on any atom is -0.308 e. The normalized spacial score (nSPS) is 19.7. The molecule has 4 nitrogen and oxygen atoms in total. The molecule has 23 heavy (non-hydrogen) atoms. The Hall–Kier alpha value is -2.62. The van der Waals surface area contributed by atoms with Crippen LogP contribution in [0.25, 0.3) is 0 Å². The van der Waals surface area contributed by atoms with Crippen LogP contribution in [-0.2, 0) is 24.2 Å². The van der Waals surface area contributed by atoms with E-state index in [-0.39, 0.29) is 18.0 Å². The van der Waals surface area contributed by atoms with Gasteiger partial charge < -0.3 is 4.90 Å². The summed E-state index contributed by atoms with van der Waals surface area (Å²) in [6.45, 7) is 0.984. The highest BCUT2D eigenvalue weighted by Crippen LogP contribution is 2.29. The van der Waals surface area contributed by atoms with Crippen LogP contribution in [0.2, 0.25) is 0 Å². The highest BCUT2D eigenvalue weighted by molar-refractivity contribution is 6.04. The van der Waals surface area contributed by atoms with Crippen LogP contribution in [0.15, 0.2) is 54.6 Å². The van der Waals surface area contributed by atoms with Gasteiger partial charge in [-0.25, -0.2) is 4.79 Å². The lowest BCUT2D eigenvalue weighted by Crippen LogP contribution is -2.39. The van der Waals surface area contributed by atoms with E-state index in [9.17, 15) is 9.59 Å². The average molecular weight is 306 g/mol. The standard InChI is InChI=1S/C19H18N2O2/c22-18-17-12-15-8-4-5-9-16(15)13-21(17)19(23)20(18)11-10-14-6-2-1-3-7-14/h1-9,17H,10-13H2/t17-/m0/s1. The molecule has 2 aromatic rings. The molecule has 2 aromatic carbocycles. The Morgan fingerprint density at radius 1 is 0.913 bits per heavy atom. The van der Waals surface area contributed by atoms with Gasteiger partial charge in [0.05, 0.1) is 0 Å². The van der Waals surface area contributed by atoms with E-state index in [0.717, 1.165) is 11.1 Å². The van der Waals surface area contributed by atoms with Crippen LogP contribution in [0.5, 0.6) is 0 Å². The second-order valence-corrected chi connectivity index (χ2v) is 6.12. The molecule has 0 saturated carbocycles. The quantitative estimate of drug-likeness (QED) is 0.818. The summed E-state index contributed by atoms with van der Waals surface area (Å²) in [5.41, 5.74) is 3.47. The molecular formula is C19H18N2O2. The third kappa shape index (κ3) is 2.40. The Morgan fingerprint density at radius 3 is 2.39 bits per heavy atom. The monoisotopic (exact) mass is 306 g/mol. The first-order valence-electron chi connectivity index (χ1n) is 7.97. The predicted molar refractivity (Wildman–Crippen MR) is 86.7 cm³/mol. The van der Waals surface area contributed by atoms with Crippen molar-refractivity contribution in [1.29, 1.82) is 0 Å². The van der Waals surface area contributed by atoms with Crippen molar-refractivity contribution in [1.82, 2.24) is 9.80 Å². The van der Waals surface area contributed by atoms with Gasteiger partial charge in [-0.3, -0.25) is 9.69 Å². The zero-order valence-electron chi connectivity index (χ0n) is 12.8. The van der Waals surface area contributed by atoms with E-state index in [0.29, 0.717) is 25.9 Å². The van der Waals surface area contributed by atoms with Gasteiger partial charge in [0.1, 0.15) is 6.04 Å². The van der Waals surface area contributed by atoms with Crippen molar-refractivity contribution in [3.63, 3.8) is 0 Å². The number of hydrogen-bond acceptors (Lipinski definition) is 2. The highest BCUT2D eigenvalue weighted by atomic mass is 16.2. The van der Waals surface area contributed by atoms with E-state index in [1.54, 1.807) is 4.90 Å². The molecular weight excluding hydrogens is 288 g/mol. The zero-order chi connectivity index (χ0) is 15.8. The maximum absolute atomic E-state index is 12.6. The predicted octanol–water partition coefficient (Wildman–Crippen LogP) is 2.62. The fourth-order valence-electron chi connectivity index (χ4n) is 3.47. The molecule has 0 radical (unpaired) electrons. The molecule has 1 fully saturated rings. The molecule has 116 valence electrons. The van der Waals surface area contributed by atoms with Crippen molar-refractivity contribution < 1.29 is 9.59 Å². The molecule has 4 heteroatoms. The SMILES string of the molecule is O=C1[C@@H]2Cc3ccccc3CN2C(=O)N1CCc1ccccc1. The van der Waals surface area contributed by atoms with E-state index < -0.39 is 0 Å². The summed E-state index contributed by atoms with van der Waals surface area (Å²) in [7, 11) is 0. The van der Waals surface area contributed by atoms with Gasteiger partial charge in [-0.1, -0.05) is 54.6 Å². The lowest BCUT2D eigenvalue weighted by molar-refractivity contribution is -0.128. The molecule has 2 aliphatic rings. The molecule has 2 aliphatic heterocycles. The lowest BCUT2D eigenvalue weighted by atomic mass is 9.95. The third-order valence-electron chi connectivity index (χ3n) is 4.74. The number of imide groups is 1. The summed E-state index contributed by atoms with van der Waals surface area (Å²) in [6.07, 6.45) is 1.33. The Labute approximate surface area is 135 Å². The van der Waals surface area contributed by atoms with Gasteiger partial charge in [0.15, 0.2) is 0 Å². The molecule has 0 unspecified atom stereocenters. The average Bonchev–Trinajstić information content (AvgIpc) is 2.83. The molecule has 2 heterocycles. The zero-order valence-corrected chi connectivity index (χ0v) is 12.8. The van der Waals surface area contributed by atoms with E-state index >= 15 is 0 Å². The largest absolute Gasteiger partial charge is 0.327 e. The van der Waals surface area contributed by atoms with Crippen LogP contribution in [0.1, 0.15) is 16.7 Å². The number of nitrogens with zero attached hydrogens (tertiary/aromatic N) is 2. The smallest absolute Gasteiger partial charge is 0.308 e. The van der Waals surface area contributed by atoms with Gasteiger partial charge in [0.25, 0.3) is 5.91 Å². The first kappa shape index (κ1) is 14.0. The maximum atomic E-state index is 12.6. The Morgan fingerprint density at radius 2 is 1.61 bits per heavy atom. The van der Waals surface area contributed by atoms with Gasteiger partial charge in [0, 0.05) is 19.5 Å². The summed E-state index contributed by atoms with van der Waals surface area (Å²) in [4.78, 5) is 28.4. The summed E-state index contributed by atoms with van der Waals surface area (Å²) >= 11 is 0.